The summed E-state index contributed by atoms with van der Waals surface area (Å²) < 4.78 is 14.5. The minimum Gasteiger partial charge on any atom is -0.454 e. The number of aromatic nitrogens is 3. The number of benzene rings is 2. The van der Waals surface area contributed by atoms with Crippen LogP contribution in [0.25, 0.3) is 17.1 Å². The normalized spacial score (nSPS) is 12.2. The van der Waals surface area contributed by atoms with Crippen molar-refractivity contribution in [2.75, 3.05) is 6.79 Å². The Morgan fingerprint density at radius 3 is 2.69 bits per heavy atom. The summed E-state index contributed by atoms with van der Waals surface area (Å²) in [5.41, 5.74) is 6.19. The number of hydrogen-bond donors (Lipinski definition) is 1. The highest BCUT2D eigenvalue weighted by Crippen LogP contribution is 2.32. The number of carbonyl (C=O) groups is 1. The highest BCUT2D eigenvalue weighted by molar-refractivity contribution is 5.94. The number of carbonyl (C=O) groups excluding carboxylic acids is 1. The molecule has 1 N–H and O–H groups in total. The summed E-state index contributed by atoms with van der Waals surface area (Å²) in [4.78, 5) is 13.3. The first-order valence-electron chi connectivity index (χ1n) is 10.5. The molecule has 7 nitrogen and oxygen atoms in total. The lowest BCUT2D eigenvalue weighted by atomic mass is 10.1. The first-order valence-corrected chi connectivity index (χ1v) is 10.5. The second-order valence-electron chi connectivity index (χ2n) is 7.99. The Kier molecular flexibility index (Phi) is 4.93. The van der Waals surface area contributed by atoms with Crippen LogP contribution in [-0.2, 0) is 13.6 Å². The van der Waals surface area contributed by atoms with Crippen LogP contribution in [0.15, 0.2) is 60.8 Å². The first kappa shape index (κ1) is 19.9. The van der Waals surface area contributed by atoms with E-state index in [0.29, 0.717) is 18.0 Å². The van der Waals surface area contributed by atoms with Gasteiger partial charge in [-0.15, -0.1) is 0 Å². The van der Waals surface area contributed by atoms with Gasteiger partial charge in [0.1, 0.15) is 11.4 Å². The van der Waals surface area contributed by atoms with Crippen LogP contribution in [0.3, 0.4) is 0 Å². The van der Waals surface area contributed by atoms with E-state index in [1.165, 1.54) is 0 Å². The van der Waals surface area contributed by atoms with Gasteiger partial charge in [0.2, 0.25) is 6.79 Å². The molecular weight excluding hydrogens is 404 g/mol. The highest BCUT2D eigenvalue weighted by atomic mass is 16.7. The number of fused-ring (bicyclic) bond motifs is 1. The molecule has 0 atom stereocenters. The third-order valence-corrected chi connectivity index (χ3v) is 5.62. The summed E-state index contributed by atoms with van der Waals surface area (Å²) >= 11 is 0. The van der Waals surface area contributed by atoms with E-state index in [2.05, 4.69) is 11.4 Å². The van der Waals surface area contributed by atoms with Crippen molar-refractivity contribution in [3.05, 3.63) is 83.2 Å². The number of amides is 1. The number of nitrogens with zero attached hydrogens (tertiary/aromatic N) is 3. The lowest BCUT2D eigenvalue weighted by Crippen LogP contribution is -2.25. The Morgan fingerprint density at radius 1 is 1.06 bits per heavy atom. The maximum absolute atomic E-state index is 13.3. The molecule has 0 spiro atoms. The van der Waals surface area contributed by atoms with E-state index in [9.17, 15) is 4.79 Å². The van der Waals surface area contributed by atoms with Crippen molar-refractivity contribution in [2.24, 2.45) is 7.05 Å². The molecule has 5 rings (SSSR count). The van der Waals surface area contributed by atoms with Crippen LogP contribution in [-0.4, -0.2) is 27.0 Å². The van der Waals surface area contributed by atoms with Gasteiger partial charge in [-0.3, -0.25) is 4.79 Å². The van der Waals surface area contributed by atoms with Gasteiger partial charge in [-0.25, -0.2) is 4.68 Å². The van der Waals surface area contributed by atoms with Gasteiger partial charge in [0.15, 0.2) is 11.5 Å². The molecule has 162 valence electrons. The molecule has 0 fully saturated rings. The molecule has 3 heterocycles. The van der Waals surface area contributed by atoms with Gasteiger partial charge < -0.3 is 19.4 Å². The summed E-state index contributed by atoms with van der Waals surface area (Å²) in [6.45, 7) is 4.67. The summed E-state index contributed by atoms with van der Waals surface area (Å²) in [6.07, 6.45) is 1.96. The van der Waals surface area contributed by atoms with Crippen molar-refractivity contribution < 1.29 is 14.3 Å². The molecule has 4 aromatic rings. The van der Waals surface area contributed by atoms with Gasteiger partial charge in [-0.05, 0) is 61.4 Å². The fourth-order valence-electron chi connectivity index (χ4n) is 3.95. The lowest BCUT2D eigenvalue weighted by Gasteiger charge is -2.11. The molecule has 0 bridgehead atoms. The van der Waals surface area contributed by atoms with Crippen LogP contribution in [0.1, 0.15) is 27.2 Å². The zero-order chi connectivity index (χ0) is 22.2. The van der Waals surface area contributed by atoms with Gasteiger partial charge >= 0.3 is 0 Å². The molecule has 0 radical (unpaired) electrons. The zero-order valence-electron chi connectivity index (χ0n) is 18.3. The molecule has 1 amide bonds. The topological polar surface area (TPSA) is 70.3 Å². The van der Waals surface area contributed by atoms with Gasteiger partial charge in [0.05, 0.1) is 11.4 Å². The Bertz CT molecular complexity index is 1320. The molecule has 32 heavy (non-hydrogen) atoms. The highest BCUT2D eigenvalue weighted by Gasteiger charge is 2.20. The predicted octanol–water partition coefficient (Wildman–Crippen LogP) is 4.15. The Morgan fingerprint density at radius 2 is 1.91 bits per heavy atom. The molecule has 2 aromatic heterocycles. The Labute approximate surface area is 186 Å². The van der Waals surface area contributed by atoms with Crippen molar-refractivity contribution in [3.8, 4) is 28.6 Å². The van der Waals surface area contributed by atoms with Gasteiger partial charge in [-0.1, -0.05) is 23.8 Å². The Balaban J connectivity index is 1.48. The summed E-state index contributed by atoms with van der Waals surface area (Å²) in [7, 11) is 1.96. The Hall–Kier alpha value is -4.00. The number of ether oxygens (including phenoxy) is 2. The maximum Gasteiger partial charge on any atom is 0.270 e. The predicted molar refractivity (Wildman–Crippen MR) is 121 cm³/mol. The molecular formula is C25H24N4O3. The molecule has 1 aliphatic heterocycles. The van der Waals surface area contributed by atoms with Crippen molar-refractivity contribution in [2.45, 2.75) is 20.4 Å². The standard InChI is InChI=1S/C25H24N4O3/c1-16-6-8-20(17(2)11-16)29-22(13-19(27-29)21-5-4-10-28(21)3)25(30)26-14-18-7-9-23-24(12-18)32-15-31-23/h4-13H,14-15H2,1-3H3,(H,26,30). The first-order chi connectivity index (χ1) is 15.5. The maximum atomic E-state index is 13.3. The van der Waals surface area contributed by atoms with E-state index in [-0.39, 0.29) is 12.7 Å². The number of rotatable bonds is 5. The number of hydrogen-bond acceptors (Lipinski definition) is 4. The third-order valence-electron chi connectivity index (χ3n) is 5.62. The molecule has 7 heteroatoms. The largest absolute Gasteiger partial charge is 0.454 e. The smallest absolute Gasteiger partial charge is 0.270 e. The minimum absolute atomic E-state index is 0.199. The second kappa shape index (κ2) is 7.92. The van der Waals surface area contributed by atoms with Gasteiger partial charge in [0.25, 0.3) is 5.91 Å². The van der Waals surface area contributed by atoms with E-state index < -0.39 is 0 Å². The average molecular weight is 428 g/mol. The van der Waals surface area contributed by atoms with E-state index in [1.54, 1.807) is 4.68 Å². The van der Waals surface area contributed by atoms with Gasteiger partial charge in [0, 0.05) is 19.8 Å². The van der Waals surface area contributed by atoms with E-state index in [0.717, 1.165) is 39.5 Å². The third kappa shape index (κ3) is 3.62. The lowest BCUT2D eigenvalue weighted by molar-refractivity contribution is 0.0943. The summed E-state index contributed by atoms with van der Waals surface area (Å²) in [5, 5.41) is 7.81. The number of aryl methyl sites for hydroxylation is 3. The van der Waals surface area contributed by atoms with Crippen LogP contribution in [0.5, 0.6) is 11.5 Å². The van der Waals surface area contributed by atoms with Crippen LogP contribution in [0, 0.1) is 13.8 Å². The molecule has 0 saturated heterocycles. The van der Waals surface area contributed by atoms with Crippen LogP contribution < -0.4 is 14.8 Å². The number of nitrogens with one attached hydrogen (secondary N) is 1. The fourth-order valence-corrected chi connectivity index (χ4v) is 3.95. The zero-order valence-corrected chi connectivity index (χ0v) is 18.3. The summed E-state index contributed by atoms with van der Waals surface area (Å²) in [6, 6.07) is 17.6. The SMILES string of the molecule is Cc1ccc(-n2nc(-c3cccn3C)cc2C(=O)NCc2ccc3c(c2)OCO3)c(C)c1. The van der Waals surface area contributed by atoms with E-state index in [4.69, 9.17) is 14.6 Å². The minimum atomic E-state index is -0.199. The van der Waals surface area contributed by atoms with Crippen LogP contribution in [0.2, 0.25) is 0 Å². The molecule has 0 unspecified atom stereocenters. The molecule has 0 aliphatic carbocycles. The second-order valence-corrected chi connectivity index (χ2v) is 7.99. The van der Waals surface area contributed by atoms with E-state index in [1.807, 2.05) is 80.2 Å². The van der Waals surface area contributed by atoms with Crippen molar-refractivity contribution in [1.29, 1.82) is 0 Å². The molecule has 0 saturated carbocycles. The van der Waals surface area contributed by atoms with Crippen molar-refractivity contribution in [1.82, 2.24) is 19.7 Å². The van der Waals surface area contributed by atoms with Crippen LogP contribution in [0.4, 0.5) is 0 Å². The van der Waals surface area contributed by atoms with Crippen molar-refractivity contribution >= 4 is 5.91 Å². The summed E-state index contributed by atoms with van der Waals surface area (Å²) in [5.74, 6) is 1.22. The average Bonchev–Trinajstić information content (AvgIpc) is 3.50. The molecule has 2 aromatic carbocycles. The van der Waals surface area contributed by atoms with Crippen LogP contribution >= 0.6 is 0 Å². The van der Waals surface area contributed by atoms with Crippen molar-refractivity contribution in [3.63, 3.8) is 0 Å². The van der Waals surface area contributed by atoms with E-state index >= 15 is 0 Å². The molecule has 1 aliphatic rings. The van der Waals surface area contributed by atoms with Gasteiger partial charge in [-0.2, -0.15) is 5.10 Å². The monoisotopic (exact) mass is 428 g/mol. The fraction of sp³-hybridized carbons (Fsp3) is 0.200. The quantitative estimate of drug-likeness (QED) is 0.518.